The zero-order valence-corrected chi connectivity index (χ0v) is 14.6. The van der Waals surface area contributed by atoms with E-state index in [-0.39, 0.29) is 18.9 Å². The second-order valence-electron chi connectivity index (χ2n) is 5.78. The lowest BCUT2D eigenvalue weighted by Gasteiger charge is -2.23. The predicted octanol–water partition coefficient (Wildman–Crippen LogP) is -1.21. The number of hydrogen-bond donors (Lipinski definition) is 10. The summed E-state index contributed by atoms with van der Waals surface area (Å²) in [6.07, 6.45) is -7.75. The van der Waals surface area contributed by atoms with E-state index in [2.05, 4.69) is 5.32 Å². The maximum atomic E-state index is 9.99. The van der Waals surface area contributed by atoms with Gasteiger partial charge in [-0.05, 0) is 13.8 Å². The van der Waals surface area contributed by atoms with Gasteiger partial charge in [-0.2, -0.15) is 0 Å². The Balaban J connectivity index is 5.35. The normalized spacial score (nSPS) is 18.8. The molecule has 0 aliphatic heterocycles. The van der Waals surface area contributed by atoms with Crippen LogP contribution >= 0.6 is 0 Å². The number of aliphatic hydroxyl groups excluding tert-OH is 9. The summed E-state index contributed by atoms with van der Waals surface area (Å²) >= 11 is 0. The van der Waals surface area contributed by atoms with E-state index in [0.717, 1.165) is 0 Å². The van der Waals surface area contributed by atoms with Gasteiger partial charge in [0.1, 0.15) is 12.2 Å². The molecule has 0 aromatic heterocycles. The molecule has 0 saturated carbocycles. The van der Waals surface area contributed by atoms with E-state index in [1.54, 1.807) is 13.8 Å². The van der Waals surface area contributed by atoms with Crippen molar-refractivity contribution in [1.82, 2.24) is 5.32 Å². The lowest BCUT2D eigenvalue weighted by molar-refractivity contribution is -0.137. The van der Waals surface area contributed by atoms with Gasteiger partial charge in [-0.25, -0.2) is 0 Å². The monoisotopic (exact) mass is 383 g/mol. The molecule has 0 amide bonds. The Morgan fingerprint density at radius 3 is 1.81 bits per heavy atom. The molecule has 0 spiro atoms. The Morgan fingerprint density at radius 1 is 0.808 bits per heavy atom. The molecule has 0 aliphatic rings. The maximum Gasteiger partial charge on any atom is 0.218 e. The summed E-state index contributed by atoms with van der Waals surface area (Å²) in [4.78, 5) is 0. The molecule has 0 heterocycles. The van der Waals surface area contributed by atoms with Crippen molar-refractivity contribution in [3.63, 3.8) is 0 Å². The first-order valence-corrected chi connectivity index (χ1v) is 7.98. The minimum Gasteiger partial charge on any atom is -0.506 e. The highest BCUT2D eigenvalue weighted by molar-refractivity contribution is 5.10. The zero-order chi connectivity index (χ0) is 20.4. The molecule has 4 atom stereocenters. The van der Waals surface area contributed by atoms with Crippen LogP contribution in [0.25, 0.3) is 0 Å². The lowest BCUT2D eigenvalue weighted by Crippen LogP contribution is -2.38. The summed E-state index contributed by atoms with van der Waals surface area (Å²) in [6.45, 7) is 2.29. The second kappa shape index (κ2) is 11.9. The summed E-state index contributed by atoms with van der Waals surface area (Å²) in [5, 5.41) is 88.2. The van der Waals surface area contributed by atoms with Crippen LogP contribution in [0.3, 0.4) is 0 Å². The molecule has 4 unspecified atom stereocenters. The van der Waals surface area contributed by atoms with E-state index in [1.165, 1.54) is 0 Å². The van der Waals surface area contributed by atoms with Crippen molar-refractivity contribution in [3.8, 4) is 0 Å². The van der Waals surface area contributed by atoms with E-state index >= 15 is 0 Å². The molecule has 0 aromatic rings. The fourth-order valence-electron chi connectivity index (χ4n) is 1.86. The Bertz CT molecular complexity index is 479. The molecule has 11 nitrogen and oxygen atoms in total. The van der Waals surface area contributed by atoms with Crippen molar-refractivity contribution < 1.29 is 50.7 Å². The van der Waals surface area contributed by atoms with Gasteiger partial charge in [0.05, 0.1) is 0 Å². The molecule has 10 N–H and O–H groups in total. The fourth-order valence-corrected chi connectivity index (χ4v) is 1.86. The SMILES string of the molecule is CC(C)NC(O)/C(O)=C(/O)C(CCO)OC(O)/C(O)=C(/O)C(O)CCO. The van der Waals surface area contributed by atoms with Crippen LogP contribution in [0.4, 0.5) is 0 Å². The van der Waals surface area contributed by atoms with Gasteiger partial charge >= 0.3 is 0 Å². The van der Waals surface area contributed by atoms with Crippen molar-refractivity contribution in [2.75, 3.05) is 13.2 Å². The predicted molar refractivity (Wildman–Crippen MR) is 89.1 cm³/mol. The van der Waals surface area contributed by atoms with Crippen LogP contribution in [-0.4, -0.2) is 89.9 Å². The van der Waals surface area contributed by atoms with E-state index < -0.39 is 61.0 Å². The van der Waals surface area contributed by atoms with Crippen LogP contribution in [0.5, 0.6) is 0 Å². The number of ether oxygens (including phenoxy) is 1. The summed E-state index contributed by atoms with van der Waals surface area (Å²) in [5.74, 6) is -4.06. The molecule has 0 radical (unpaired) electrons. The summed E-state index contributed by atoms with van der Waals surface area (Å²) < 4.78 is 4.89. The smallest absolute Gasteiger partial charge is 0.218 e. The van der Waals surface area contributed by atoms with Gasteiger partial charge in [0, 0.05) is 32.1 Å². The molecule has 11 heteroatoms. The van der Waals surface area contributed by atoms with Crippen molar-refractivity contribution in [2.45, 2.75) is 57.5 Å². The highest BCUT2D eigenvalue weighted by Gasteiger charge is 2.29. The largest absolute Gasteiger partial charge is 0.506 e. The number of rotatable bonds is 12. The highest BCUT2D eigenvalue weighted by atomic mass is 16.6. The Morgan fingerprint density at radius 2 is 1.35 bits per heavy atom. The maximum absolute atomic E-state index is 9.99. The summed E-state index contributed by atoms with van der Waals surface area (Å²) in [6, 6.07) is -0.250. The Kier molecular flexibility index (Phi) is 11.2. The van der Waals surface area contributed by atoms with Crippen LogP contribution in [0.2, 0.25) is 0 Å². The van der Waals surface area contributed by atoms with Gasteiger partial charge < -0.3 is 50.7 Å². The Labute approximate surface area is 150 Å². The number of hydrogen-bond acceptors (Lipinski definition) is 11. The average Bonchev–Trinajstić information content (AvgIpc) is 2.58. The van der Waals surface area contributed by atoms with Crippen molar-refractivity contribution in [2.24, 2.45) is 0 Å². The number of aliphatic hydroxyl groups is 9. The van der Waals surface area contributed by atoms with Gasteiger partial charge in [-0.15, -0.1) is 0 Å². The first-order chi connectivity index (χ1) is 12.1. The van der Waals surface area contributed by atoms with Crippen LogP contribution in [0.15, 0.2) is 23.0 Å². The molecule has 154 valence electrons. The van der Waals surface area contributed by atoms with Crippen molar-refractivity contribution in [3.05, 3.63) is 23.0 Å². The highest BCUT2D eigenvalue weighted by Crippen LogP contribution is 2.19. The molecule has 26 heavy (non-hydrogen) atoms. The third kappa shape index (κ3) is 7.74. The average molecular weight is 383 g/mol. The quantitative estimate of drug-likeness (QED) is 0.143. The van der Waals surface area contributed by atoms with Gasteiger partial charge in [-0.1, -0.05) is 0 Å². The third-order valence-corrected chi connectivity index (χ3v) is 3.22. The zero-order valence-electron chi connectivity index (χ0n) is 14.6. The van der Waals surface area contributed by atoms with Gasteiger partial charge in [0.25, 0.3) is 0 Å². The van der Waals surface area contributed by atoms with Crippen molar-refractivity contribution in [1.29, 1.82) is 0 Å². The molecule has 0 saturated heterocycles. The van der Waals surface area contributed by atoms with E-state index in [4.69, 9.17) is 14.9 Å². The van der Waals surface area contributed by atoms with E-state index in [0.29, 0.717) is 0 Å². The van der Waals surface area contributed by atoms with E-state index in [9.17, 15) is 35.7 Å². The van der Waals surface area contributed by atoms with Crippen LogP contribution in [-0.2, 0) is 4.74 Å². The standard InChI is InChI=1S/C15H29NO10/c1-7(2)16-14(24)12(22)11(21)9(4-6-18)26-15(25)13(23)10(20)8(19)3-5-17/h7-9,14-25H,3-6H2,1-2H3/b12-11-,13-10-. The Hall–Kier alpha value is -1.60. The van der Waals surface area contributed by atoms with Gasteiger partial charge in [-0.3, -0.25) is 5.32 Å². The fraction of sp³-hybridized carbons (Fsp3) is 0.733. The first kappa shape index (κ1) is 24.4. The molecular weight excluding hydrogens is 354 g/mol. The summed E-state index contributed by atoms with van der Waals surface area (Å²) in [5.41, 5.74) is 0. The molecule has 0 aliphatic carbocycles. The van der Waals surface area contributed by atoms with Crippen LogP contribution in [0, 0.1) is 0 Å². The van der Waals surface area contributed by atoms with Crippen LogP contribution < -0.4 is 5.32 Å². The lowest BCUT2D eigenvalue weighted by atomic mass is 10.1. The molecule has 0 rings (SSSR count). The molecular formula is C15H29NO10. The number of nitrogens with one attached hydrogen (secondary N) is 1. The molecule has 0 fully saturated rings. The van der Waals surface area contributed by atoms with Gasteiger partial charge in [0.2, 0.25) is 6.29 Å². The van der Waals surface area contributed by atoms with Gasteiger partial charge in [0.15, 0.2) is 29.3 Å². The van der Waals surface area contributed by atoms with Crippen LogP contribution in [0.1, 0.15) is 26.7 Å². The summed E-state index contributed by atoms with van der Waals surface area (Å²) in [7, 11) is 0. The topological polar surface area (TPSA) is 203 Å². The first-order valence-electron chi connectivity index (χ1n) is 7.98. The molecule has 0 bridgehead atoms. The van der Waals surface area contributed by atoms with Crippen molar-refractivity contribution >= 4 is 0 Å². The second-order valence-corrected chi connectivity index (χ2v) is 5.78. The minimum atomic E-state index is -2.23. The third-order valence-electron chi connectivity index (χ3n) is 3.22. The minimum absolute atomic E-state index is 0.250. The van der Waals surface area contributed by atoms with E-state index in [1.807, 2.05) is 0 Å². The molecule has 0 aromatic carbocycles.